The Morgan fingerprint density at radius 2 is 2.18 bits per heavy atom. The predicted molar refractivity (Wildman–Crippen MR) is 79.6 cm³/mol. The third kappa shape index (κ3) is 3.49. The molecule has 2 heterocycles. The molecular weight excluding hydrogens is 286 g/mol. The van der Waals surface area contributed by atoms with Crippen molar-refractivity contribution in [1.82, 2.24) is 24.4 Å². The van der Waals surface area contributed by atoms with E-state index in [1.807, 2.05) is 0 Å². The lowest BCUT2D eigenvalue weighted by Gasteiger charge is -2.09. The summed E-state index contributed by atoms with van der Waals surface area (Å²) in [5.74, 6) is 0.0548. The second-order valence-corrected chi connectivity index (χ2v) is 5.45. The summed E-state index contributed by atoms with van der Waals surface area (Å²) in [5, 5.41) is 7.46. The fourth-order valence-corrected chi connectivity index (χ4v) is 2.33. The first-order valence-corrected chi connectivity index (χ1v) is 7.48. The molecule has 2 aromatic heterocycles. The largest absolute Gasteiger partial charge is 0.461 e. The van der Waals surface area contributed by atoms with Crippen LogP contribution in [0.2, 0.25) is 0 Å². The van der Waals surface area contributed by atoms with Crippen LogP contribution in [0.15, 0.2) is 11.1 Å². The van der Waals surface area contributed by atoms with Crippen molar-refractivity contribution in [3.8, 4) is 0 Å². The van der Waals surface area contributed by atoms with Gasteiger partial charge in [0.2, 0.25) is 0 Å². The highest BCUT2D eigenvalue weighted by Gasteiger charge is 2.18. The summed E-state index contributed by atoms with van der Waals surface area (Å²) in [6.07, 6.45) is 5.43. The molecule has 0 saturated carbocycles. The molecule has 1 atom stereocenters. The molecule has 120 valence electrons. The summed E-state index contributed by atoms with van der Waals surface area (Å²) >= 11 is 0. The molecule has 22 heavy (non-hydrogen) atoms. The lowest BCUT2D eigenvalue weighted by atomic mass is 10.0. The van der Waals surface area contributed by atoms with E-state index in [-0.39, 0.29) is 11.3 Å². The van der Waals surface area contributed by atoms with Gasteiger partial charge in [0.1, 0.15) is 6.33 Å². The number of aromatic nitrogens is 5. The number of fused-ring (bicyclic) bond motifs is 1. The van der Waals surface area contributed by atoms with E-state index in [0.717, 1.165) is 23.9 Å². The maximum absolute atomic E-state index is 12.0. The summed E-state index contributed by atoms with van der Waals surface area (Å²) < 4.78 is 7.44. The van der Waals surface area contributed by atoms with Crippen LogP contribution < -0.4 is 5.69 Å². The van der Waals surface area contributed by atoms with E-state index in [0.29, 0.717) is 12.5 Å². The molecule has 0 aromatic carbocycles. The van der Waals surface area contributed by atoms with Gasteiger partial charge >= 0.3 is 11.7 Å². The lowest BCUT2D eigenvalue weighted by molar-refractivity contribution is 0.0489. The third-order valence-corrected chi connectivity index (χ3v) is 3.55. The number of nitrogens with zero attached hydrogens (tertiary/aromatic N) is 5. The van der Waals surface area contributed by atoms with Gasteiger partial charge in [0.05, 0.1) is 6.61 Å². The van der Waals surface area contributed by atoms with Gasteiger partial charge in [0.25, 0.3) is 0 Å². The fourth-order valence-electron chi connectivity index (χ4n) is 2.33. The van der Waals surface area contributed by atoms with E-state index >= 15 is 0 Å². The van der Waals surface area contributed by atoms with Gasteiger partial charge in [0.15, 0.2) is 11.3 Å². The smallest absolute Gasteiger partial charge is 0.360 e. The monoisotopic (exact) mass is 307 g/mol. The highest BCUT2D eigenvalue weighted by Crippen LogP contribution is 2.12. The van der Waals surface area contributed by atoms with Gasteiger partial charge in [-0.05, 0) is 18.8 Å². The lowest BCUT2D eigenvalue weighted by Crippen LogP contribution is -2.27. The van der Waals surface area contributed by atoms with Crippen molar-refractivity contribution in [2.24, 2.45) is 13.0 Å². The number of rotatable bonds is 7. The molecule has 0 aliphatic rings. The average molecular weight is 307 g/mol. The number of ether oxygens (including phenoxy) is 1. The molecule has 0 aliphatic carbocycles. The Kier molecular flexibility index (Phi) is 5.24. The summed E-state index contributed by atoms with van der Waals surface area (Å²) in [4.78, 5) is 27.7. The van der Waals surface area contributed by atoms with Crippen LogP contribution >= 0.6 is 0 Å². The number of imidazole rings is 1. The molecule has 0 spiro atoms. The molecule has 8 nitrogen and oxygen atoms in total. The highest BCUT2D eigenvalue weighted by molar-refractivity contribution is 5.93. The quantitative estimate of drug-likeness (QED) is 0.564. The van der Waals surface area contributed by atoms with Gasteiger partial charge in [-0.2, -0.15) is 4.68 Å². The Balaban J connectivity index is 1.96. The maximum Gasteiger partial charge on any atom is 0.360 e. The Hall–Kier alpha value is -2.25. The second-order valence-electron chi connectivity index (χ2n) is 5.45. The van der Waals surface area contributed by atoms with Crippen LogP contribution in [0.3, 0.4) is 0 Å². The van der Waals surface area contributed by atoms with Crippen LogP contribution in [0.25, 0.3) is 5.65 Å². The number of aryl methyl sites for hydroxylation is 1. The van der Waals surface area contributed by atoms with Gasteiger partial charge < -0.3 is 4.74 Å². The van der Waals surface area contributed by atoms with Crippen LogP contribution in [0, 0.1) is 5.92 Å². The maximum atomic E-state index is 12.0. The second kappa shape index (κ2) is 7.15. The zero-order valence-corrected chi connectivity index (χ0v) is 13.2. The van der Waals surface area contributed by atoms with Crippen LogP contribution in [-0.2, 0) is 11.8 Å². The zero-order chi connectivity index (χ0) is 16.1. The molecule has 2 aromatic rings. The van der Waals surface area contributed by atoms with Crippen LogP contribution in [0.5, 0.6) is 0 Å². The number of carbonyl (C=O) groups excluding carboxylic acids is 1. The topological polar surface area (TPSA) is 91.4 Å². The van der Waals surface area contributed by atoms with Crippen molar-refractivity contribution < 1.29 is 9.53 Å². The average Bonchev–Trinajstić information content (AvgIpc) is 2.92. The number of hydrogen-bond acceptors (Lipinski definition) is 6. The van der Waals surface area contributed by atoms with Gasteiger partial charge in [0, 0.05) is 7.05 Å². The number of carbonyl (C=O) groups is 1. The Morgan fingerprint density at radius 3 is 2.91 bits per heavy atom. The molecule has 2 rings (SSSR count). The first-order valence-electron chi connectivity index (χ1n) is 7.48. The van der Waals surface area contributed by atoms with E-state index in [1.165, 1.54) is 24.2 Å². The first-order chi connectivity index (χ1) is 10.5. The van der Waals surface area contributed by atoms with Crippen molar-refractivity contribution in [2.75, 3.05) is 6.61 Å². The fraction of sp³-hybridized carbons (Fsp3) is 0.643. The molecule has 8 heteroatoms. The summed E-state index contributed by atoms with van der Waals surface area (Å²) in [6.45, 7) is 4.69. The minimum Gasteiger partial charge on any atom is -0.461 e. The number of hydrogen-bond donors (Lipinski definition) is 0. The molecule has 1 unspecified atom stereocenters. The first kappa shape index (κ1) is 16.1. The molecule has 0 saturated heterocycles. The molecule has 0 radical (unpaired) electrons. The van der Waals surface area contributed by atoms with Crippen molar-refractivity contribution in [1.29, 1.82) is 0 Å². The van der Waals surface area contributed by atoms with Gasteiger partial charge in [-0.25, -0.2) is 19.0 Å². The van der Waals surface area contributed by atoms with Crippen molar-refractivity contribution in [3.05, 3.63) is 22.5 Å². The predicted octanol–water partition coefficient (Wildman–Crippen LogP) is 1.20. The molecular formula is C14H21N5O3. The minimum atomic E-state index is -0.576. The molecule has 0 N–H and O–H groups in total. The van der Waals surface area contributed by atoms with Crippen LogP contribution in [0.1, 0.15) is 50.0 Å². The van der Waals surface area contributed by atoms with Crippen LogP contribution in [-0.4, -0.2) is 37.0 Å². The Morgan fingerprint density at radius 1 is 1.41 bits per heavy atom. The van der Waals surface area contributed by atoms with Gasteiger partial charge in [-0.1, -0.05) is 31.9 Å². The van der Waals surface area contributed by atoms with E-state index < -0.39 is 11.7 Å². The molecule has 0 amide bonds. The van der Waals surface area contributed by atoms with E-state index in [9.17, 15) is 9.59 Å². The van der Waals surface area contributed by atoms with Crippen molar-refractivity contribution in [3.63, 3.8) is 0 Å². The summed E-state index contributed by atoms with van der Waals surface area (Å²) in [5.41, 5.74) is -0.274. The van der Waals surface area contributed by atoms with Crippen molar-refractivity contribution in [2.45, 2.75) is 39.5 Å². The molecule has 0 fully saturated rings. The van der Waals surface area contributed by atoms with E-state index in [4.69, 9.17) is 4.74 Å². The SMILES string of the molecule is CCCC(C)CCCOC(=O)c1ncn2c(=O)n(C)nnc12. The van der Waals surface area contributed by atoms with Gasteiger partial charge in [-0.15, -0.1) is 5.10 Å². The van der Waals surface area contributed by atoms with Crippen LogP contribution in [0.4, 0.5) is 0 Å². The standard InChI is InChI=1S/C14H21N5O3/c1-4-6-10(2)7-5-8-22-13(20)11-12-16-17-18(3)14(21)19(12)9-15-11/h9-10H,4-8H2,1-3H3. The summed E-state index contributed by atoms with van der Waals surface area (Å²) in [7, 11) is 1.48. The normalized spacial score (nSPS) is 12.5. The highest BCUT2D eigenvalue weighted by atomic mass is 16.5. The van der Waals surface area contributed by atoms with E-state index in [2.05, 4.69) is 29.1 Å². The van der Waals surface area contributed by atoms with Crippen molar-refractivity contribution >= 4 is 11.6 Å². The Labute approximate surface area is 128 Å². The Bertz CT molecular complexity index is 706. The zero-order valence-electron chi connectivity index (χ0n) is 13.2. The molecule has 0 aliphatic heterocycles. The van der Waals surface area contributed by atoms with Gasteiger partial charge in [-0.3, -0.25) is 0 Å². The number of esters is 1. The van der Waals surface area contributed by atoms with E-state index in [1.54, 1.807) is 0 Å². The minimum absolute atomic E-state index is 0.0202. The molecule has 0 bridgehead atoms. The third-order valence-electron chi connectivity index (χ3n) is 3.55. The summed E-state index contributed by atoms with van der Waals surface area (Å²) in [6, 6.07) is 0.